The fourth-order valence-corrected chi connectivity index (χ4v) is 2.82. The fourth-order valence-electron chi connectivity index (χ4n) is 1.82. The van der Waals surface area contributed by atoms with Gasteiger partial charge in [-0.05, 0) is 30.0 Å². The lowest BCUT2D eigenvalue weighted by Gasteiger charge is -2.16. The van der Waals surface area contributed by atoms with Gasteiger partial charge in [0, 0.05) is 10.8 Å². The number of carboxylic acid groups (broad SMARTS) is 1. The summed E-state index contributed by atoms with van der Waals surface area (Å²) in [7, 11) is 0. The van der Waals surface area contributed by atoms with Gasteiger partial charge in [-0.25, -0.2) is 4.79 Å². The third-order valence-corrected chi connectivity index (χ3v) is 3.97. The number of hydrogen-bond acceptors (Lipinski definition) is 3. The molecule has 1 aromatic rings. The second-order valence-electron chi connectivity index (χ2n) is 5.21. The minimum absolute atomic E-state index is 0.213. The van der Waals surface area contributed by atoms with Gasteiger partial charge in [0.2, 0.25) is 5.91 Å². The molecule has 0 bridgehead atoms. The molecule has 0 aliphatic heterocycles. The van der Waals surface area contributed by atoms with Gasteiger partial charge in [0.15, 0.2) is 0 Å². The summed E-state index contributed by atoms with van der Waals surface area (Å²) in [5.41, 5.74) is 1.04. The lowest BCUT2D eigenvalue weighted by Crippen LogP contribution is -2.42. The Morgan fingerprint density at radius 1 is 1.38 bits per heavy atom. The van der Waals surface area contributed by atoms with Crippen molar-refractivity contribution in [3.8, 4) is 0 Å². The first-order valence-electron chi connectivity index (χ1n) is 6.73. The van der Waals surface area contributed by atoms with Gasteiger partial charge < -0.3 is 10.4 Å². The number of benzene rings is 1. The van der Waals surface area contributed by atoms with E-state index in [1.165, 1.54) is 11.8 Å². The SMILES string of the molecule is CC(C)C[C@H](NC(=O)CSCc1cccc(Cl)c1)C(=O)O. The fraction of sp³-hybridized carbons (Fsp3) is 0.467. The van der Waals surface area contributed by atoms with E-state index >= 15 is 0 Å². The molecule has 0 fully saturated rings. The third kappa shape index (κ3) is 7.39. The number of nitrogens with one attached hydrogen (secondary N) is 1. The molecule has 0 saturated heterocycles. The summed E-state index contributed by atoms with van der Waals surface area (Å²) >= 11 is 7.32. The van der Waals surface area contributed by atoms with Crippen molar-refractivity contribution in [1.82, 2.24) is 5.32 Å². The van der Waals surface area contributed by atoms with Gasteiger partial charge in [-0.1, -0.05) is 37.6 Å². The van der Waals surface area contributed by atoms with E-state index in [0.717, 1.165) is 5.56 Å². The van der Waals surface area contributed by atoms with Crippen LogP contribution in [0, 0.1) is 5.92 Å². The largest absolute Gasteiger partial charge is 0.480 e. The van der Waals surface area contributed by atoms with Crippen molar-refractivity contribution in [1.29, 1.82) is 0 Å². The van der Waals surface area contributed by atoms with Crippen molar-refractivity contribution in [3.63, 3.8) is 0 Å². The molecule has 0 saturated carbocycles. The van der Waals surface area contributed by atoms with Gasteiger partial charge in [-0.2, -0.15) is 0 Å². The topological polar surface area (TPSA) is 66.4 Å². The molecule has 0 unspecified atom stereocenters. The number of hydrogen-bond donors (Lipinski definition) is 2. The molecule has 2 N–H and O–H groups in total. The molecular formula is C15H20ClNO3S. The number of carboxylic acids is 1. The van der Waals surface area contributed by atoms with E-state index in [-0.39, 0.29) is 17.6 Å². The lowest BCUT2D eigenvalue weighted by molar-refractivity contribution is -0.141. The number of amides is 1. The Bertz CT molecular complexity index is 494. The Balaban J connectivity index is 2.37. The second kappa shape index (κ2) is 8.95. The molecule has 0 heterocycles. The zero-order valence-corrected chi connectivity index (χ0v) is 13.7. The van der Waals surface area contributed by atoms with Crippen molar-refractivity contribution >= 4 is 35.2 Å². The maximum atomic E-state index is 11.8. The lowest BCUT2D eigenvalue weighted by atomic mass is 10.0. The van der Waals surface area contributed by atoms with Crippen LogP contribution in [-0.2, 0) is 15.3 Å². The summed E-state index contributed by atoms with van der Waals surface area (Å²) in [6, 6.07) is 6.64. The monoisotopic (exact) mass is 329 g/mol. The van der Waals surface area contributed by atoms with E-state index in [9.17, 15) is 9.59 Å². The number of carbonyl (C=O) groups excluding carboxylic acids is 1. The Morgan fingerprint density at radius 3 is 2.67 bits per heavy atom. The van der Waals surface area contributed by atoms with E-state index in [4.69, 9.17) is 16.7 Å². The first kappa shape index (κ1) is 17.9. The van der Waals surface area contributed by atoms with Crippen molar-refractivity contribution < 1.29 is 14.7 Å². The molecule has 0 aliphatic carbocycles. The highest BCUT2D eigenvalue weighted by Gasteiger charge is 2.20. The maximum absolute atomic E-state index is 11.8. The molecule has 21 heavy (non-hydrogen) atoms. The van der Waals surface area contributed by atoms with E-state index < -0.39 is 12.0 Å². The molecule has 1 rings (SSSR count). The van der Waals surface area contributed by atoms with Crippen LogP contribution < -0.4 is 5.32 Å². The summed E-state index contributed by atoms with van der Waals surface area (Å²) < 4.78 is 0. The molecule has 1 atom stereocenters. The van der Waals surface area contributed by atoms with Gasteiger partial charge in [0.25, 0.3) is 0 Å². The normalized spacial score (nSPS) is 12.2. The third-order valence-electron chi connectivity index (χ3n) is 2.73. The van der Waals surface area contributed by atoms with Crippen LogP contribution in [0.4, 0.5) is 0 Å². The average molecular weight is 330 g/mol. The summed E-state index contributed by atoms with van der Waals surface area (Å²) in [6.45, 7) is 3.85. The van der Waals surface area contributed by atoms with Crippen LogP contribution in [0.2, 0.25) is 5.02 Å². The molecule has 4 nitrogen and oxygen atoms in total. The van der Waals surface area contributed by atoms with Crippen LogP contribution in [0.15, 0.2) is 24.3 Å². The zero-order valence-electron chi connectivity index (χ0n) is 12.1. The standard InChI is InChI=1S/C15H20ClNO3S/c1-10(2)6-13(15(19)20)17-14(18)9-21-8-11-4-3-5-12(16)7-11/h3-5,7,10,13H,6,8-9H2,1-2H3,(H,17,18)(H,19,20)/t13-/m0/s1. The molecule has 0 aromatic heterocycles. The molecule has 0 radical (unpaired) electrons. The highest BCUT2D eigenvalue weighted by Crippen LogP contribution is 2.16. The first-order valence-corrected chi connectivity index (χ1v) is 8.26. The van der Waals surface area contributed by atoms with Crippen LogP contribution in [0.25, 0.3) is 0 Å². The summed E-state index contributed by atoms with van der Waals surface area (Å²) in [6.07, 6.45) is 0.431. The first-order chi connectivity index (χ1) is 9.88. The summed E-state index contributed by atoms with van der Waals surface area (Å²) in [4.78, 5) is 22.8. The Hall–Kier alpha value is -1.20. The number of rotatable bonds is 8. The van der Waals surface area contributed by atoms with Crippen LogP contribution in [0.3, 0.4) is 0 Å². The van der Waals surface area contributed by atoms with E-state index in [2.05, 4.69) is 5.32 Å². The number of aliphatic carboxylic acids is 1. The molecule has 116 valence electrons. The van der Waals surface area contributed by atoms with Crippen molar-refractivity contribution in [3.05, 3.63) is 34.9 Å². The van der Waals surface area contributed by atoms with Crippen LogP contribution in [-0.4, -0.2) is 28.8 Å². The van der Waals surface area contributed by atoms with Gasteiger partial charge >= 0.3 is 5.97 Å². The highest BCUT2D eigenvalue weighted by atomic mass is 35.5. The molecule has 1 aromatic carbocycles. The summed E-state index contributed by atoms with van der Waals surface area (Å²) in [5.74, 6) is -0.137. The Labute approximate surface area is 134 Å². The van der Waals surface area contributed by atoms with Gasteiger partial charge in [-0.15, -0.1) is 11.8 Å². The maximum Gasteiger partial charge on any atom is 0.326 e. The minimum Gasteiger partial charge on any atom is -0.480 e. The second-order valence-corrected chi connectivity index (χ2v) is 6.63. The van der Waals surface area contributed by atoms with Crippen molar-refractivity contribution in [2.24, 2.45) is 5.92 Å². The highest BCUT2D eigenvalue weighted by molar-refractivity contribution is 7.99. The van der Waals surface area contributed by atoms with Crippen molar-refractivity contribution in [2.75, 3.05) is 5.75 Å². The molecule has 0 aliphatic rings. The predicted molar refractivity (Wildman–Crippen MR) is 86.6 cm³/mol. The molecule has 6 heteroatoms. The smallest absolute Gasteiger partial charge is 0.326 e. The summed E-state index contributed by atoms with van der Waals surface area (Å²) in [5, 5.41) is 12.3. The molecule has 0 spiro atoms. The average Bonchev–Trinajstić information content (AvgIpc) is 2.37. The number of carbonyl (C=O) groups is 2. The Morgan fingerprint density at radius 2 is 2.10 bits per heavy atom. The van der Waals surface area contributed by atoms with E-state index in [1.54, 1.807) is 6.07 Å². The molecule has 1 amide bonds. The van der Waals surface area contributed by atoms with Gasteiger partial charge in [0.05, 0.1) is 5.75 Å². The van der Waals surface area contributed by atoms with E-state index in [0.29, 0.717) is 17.2 Å². The van der Waals surface area contributed by atoms with Crippen LogP contribution >= 0.6 is 23.4 Å². The van der Waals surface area contributed by atoms with E-state index in [1.807, 2.05) is 32.0 Å². The predicted octanol–water partition coefficient (Wildman–Crippen LogP) is 3.19. The van der Waals surface area contributed by atoms with Gasteiger partial charge in [-0.3, -0.25) is 4.79 Å². The quantitative estimate of drug-likeness (QED) is 0.768. The van der Waals surface area contributed by atoms with Crippen LogP contribution in [0.1, 0.15) is 25.8 Å². The number of thioether (sulfide) groups is 1. The minimum atomic E-state index is -0.989. The van der Waals surface area contributed by atoms with Gasteiger partial charge in [0.1, 0.15) is 6.04 Å². The number of halogens is 1. The van der Waals surface area contributed by atoms with Crippen molar-refractivity contribution in [2.45, 2.75) is 32.1 Å². The van der Waals surface area contributed by atoms with Crippen LogP contribution in [0.5, 0.6) is 0 Å². The molecular weight excluding hydrogens is 310 g/mol. The Kier molecular flexibility index (Phi) is 7.61. The zero-order chi connectivity index (χ0) is 15.8.